The lowest BCUT2D eigenvalue weighted by molar-refractivity contribution is -0.118. The minimum Gasteiger partial charge on any atom is -0.371 e. The van der Waals surface area contributed by atoms with Crippen molar-refractivity contribution in [1.82, 2.24) is 15.5 Å². The highest BCUT2D eigenvalue weighted by molar-refractivity contribution is 5.95. The number of rotatable bonds is 0. The number of hydrogen-bond donors (Lipinski definition) is 2. The summed E-state index contributed by atoms with van der Waals surface area (Å²) in [7, 11) is 2.03. The number of hydrogen-bond acceptors (Lipinski definition) is 3. The summed E-state index contributed by atoms with van der Waals surface area (Å²) >= 11 is 0. The lowest BCUT2D eigenvalue weighted by Crippen LogP contribution is -2.46. The van der Waals surface area contributed by atoms with Gasteiger partial charge in [-0.2, -0.15) is 0 Å². The Morgan fingerprint density at radius 1 is 1.42 bits per heavy atom. The zero-order chi connectivity index (χ0) is 8.55. The van der Waals surface area contributed by atoms with E-state index in [0.717, 1.165) is 30.8 Å². The molecule has 0 fully saturated rings. The number of nitrogens with zero attached hydrogens (tertiary/aromatic N) is 1. The average molecular weight is 167 g/mol. The van der Waals surface area contributed by atoms with E-state index in [0.29, 0.717) is 6.67 Å². The van der Waals surface area contributed by atoms with Crippen molar-refractivity contribution < 1.29 is 4.79 Å². The molecule has 0 aromatic heterocycles. The minimum absolute atomic E-state index is 0.0929. The third kappa shape index (κ3) is 1.18. The van der Waals surface area contributed by atoms with Gasteiger partial charge in [0.2, 0.25) is 0 Å². The lowest BCUT2D eigenvalue weighted by Gasteiger charge is -2.30. The summed E-state index contributed by atoms with van der Waals surface area (Å²) in [4.78, 5) is 13.5. The first kappa shape index (κ1) is 7.61. The lowest BCUT2D eigenvalue weighted by atomic mass is 10.0. The van der Waals surface area contributed by atoms with Gasteiger partial charge in [0, 0.05) is 30.8 Å². The predicted molar refractivity (Wildman–Crippen MR) is 45.3 cm³/mol. The first-order chi connectivity index (χ1) is 5.77. The highest BCUT2D eigenvalue weighted by atomic mass is 16.2. The minimum atomic E-state index is 0.0929. The maximum absolute atomic E-state index is 11.3. The van der Waals surface area contributed by atoms with E-state index in [1.54, 1.807) is 0 Å². The molecule has 0 saturated carbocycles. The van der Waals surface area contributed by atoms with Gasteiger partial charge in [-0.25, -0.2) is 0 Å². The molecule has 0 unspecified atom stereocenters. The van der Waals surface area contributed by atoms with Gasteiger partial charge in [-0.3, -0.25) is 4.79 Å². The summed E-state index contributed by atoms with van der Waals surface area (Å²) in [5.41, 5.74) is 2.05. The molecule has 4 heteroatoms. The SMILES string of the molecule is CN1CCC2=C(C1)C(=O)NCN2. The van der Waals surface area contributed by atoms with Gasteiger partial charge in [-0.05, 0) is 7.05 Å². The van der Waals surface area contributed by atoms with Crippen molar-refractivity contribution >= 4 is 5.91 Å². The summed E-state index contributed by atoms with van der Waals surface area (Å²) in [6, 6.07) is 0. The van der Waals surface area contributed by atoms with Crippen LogP contribution in [-0.2, 0) is 4.79 Å². The van der Waals surface area contributed by atoms with E-state index in [1.165, 1.54) is 0 Å². The summed E-state index contributed by atoms with van der Waals surface area (Å²) < 4.78 is 0. The fraction of sp³-hybridized carbons (Fsp3) is 0.625. The van der Waals surface area contributed by atoms with Gasteiger partial charge in [0.15, 0.2) is 0 Å². The Balaban J connectivity index is 2.25. The number of likely N-dealkylation sites (N-methyl/N-ethyl adjacent to an activating group) is 1. The second kappa shape index (κ2) is 2.79. The molecule has 66 valence electrons. The standard InChI is InChI=1S/C8H13N3O/c1-11-3-2-7-6(4-11)8(12)10-5-9-7/h9H,2-5H2,1H3,(H,10,12). The molecule has 4 nitrogen and oxygen atoms in total. The molecule has 12 heavy (non-hydrogen) atoms. The van der Waals surface area contributed by atoms with Gasteiger partial charge >= 0.3 is 0 Å². The summed E-state index contributed by atoms with van der Waals surface area (Å²) in [5, 5.41) is 5.96. The van der Waals surface area contributed by atoms with Crippen LogP contribution in [0.4, 0.5) is 0 Å². The summed E-state index contributed by atoms with van der Waals surface area (Å²) in [6.45, 7) is 2.40. The normalized spacial score (nSPS) is 24.6. The predicted octanol–water partition coefficient (Wildman–Crippen LogP) is -0.747. The molecule has 0 radical (unpaired) electrons. The maximum atomic E-state index is 11.3. The number of amides is 1. The fourth-order valence-electron chi connectivity index (χ4n) is 1.64. The quantitative estimate of drug-likeness (QED) is 0.499. The van der Waals surface area contributed by atoms with Gasteiger partial charge in [0.05, 0.1) is 6.67 Å². The number of nitrogens with one attached hydrogen (secondary N) is 2. The molecular weight excluding hydrogens is 154 g/mol. The van der Waals surface area contributed by atoms with Gasteiger partial charge in [0.1, 0.15) is 0 Å². The summed E-state index contributed by atoms with van der Waals surface area (Å²) in [6.07, 6.45) is 0.971. The van der Waals surface area contributed by atoms with Crippen LogP contribution in [0.3, 0.4) is 0 Å². The maximum Gasteiger partial charge on any atom is 0.251 e. The monoisotopic (exact) mass is 167 g/mol. The average Bonchev–Trinajstić information content (AvgIpc) is 2.07. The van der Waals surface area contributed by atoms with E-state index in [2.05, 4.69) is 15.5 Å². The van der Waals surface area contributed by atoms with E-state index in [4.69, 9.17) is 0 Å². The highest BCUT2D eigenvalue weighted by Gasteiger charge is 2.24. The molecule has 0 aromatic rings. The van der Waals surface area contributed by atoms with Crippen molar-refractivity contribution in [1.29, 1.82) is 0 Å². The third-order valence-electron chi connectivity index (χ3n) is 2.36. The van der Waals surface area contributed by atoms with Gasteiger partial charge < -0.3 is 15.5 Å². The van der Waals surface area contributed by atoms with Crippen LogP contribution < -0.4 is 10.6 Å². The molecule has 2 aliphatic rings. The first-order valence-corrected chi connectivity index (χ1v) is 4.20. The van der Waals surface area contributed by atoms with Crippen LogP contribution in [0, 0.1) is 0 Å². The molecule has 2 heterocycles. The molecule has 0 bridgehead atoms. The Bertz CT molecular complexity index is 247. The third-order valence-corrected chi connectivity index (χ3v) is 2.36. The van der Waals surface area contributed by atoms with E-state index in [1.807, 2.05) is 7.05 Å². The van der Waals surface area contributed by atoms with E-state index in [9.17, 15) is 4.79 Å². The van der Waals surface area contributed by atoms with Crippen molar-refractivity contribution in [2.24, 2.45) is 0 Å². The number of carbonyl (C=O) groups excluding carboxylic acids is 1. The molecule has 2 N–H and O–H groups in total. The molecule has 2 rings (SSSR count). The Labute approximate surface area is 71.6 Å². The fourth-order valence-corrected chi connectivity index (χ4v) is 1.64. The van der Waals surface area contributed by atoms with Gasteiger partial charge in [-0.1, -0.05) is 0 Å². The van der Waals surface area contributed by atoms with Crippen LogP contribution >= 0.6 is 0 Å². The van der Waals surface area contributed by atoms with Crippen LogP contribution in [0.15, 0.2) is 11.3 Å². The molecule has 0 aromatic carbocycles. The molecule has 1 amide bonds. The zero-order valence-corrected chi connectivity index (χ0v) is 7.18. The molecule has 0 saturated heterocycles. The molecular formula is C8H13N3O. The smallest absolute Gasteiger partial charge is 0.251 e. The first-order valence-electron chi connectivity index (χ1n) is 4.20. The number of carbonyl (C=O) groups is 1. The second-order valence-electron chi connectivity index (χ2n) is 3.30. The van der Waals surface area contributed by atoms with E-state index < -0.39 is 0 Å². The topological polar surface area (TPSA) is 44.4 Å². The Kier molecular flexibility index (Phi) is 1.77. The Hall–Kier alpha value is -1.03. The van der Waals surface area contributed by atoms with Crippen molar-refractivity contribution in [2.45, 2.75) is 6.42 Å². The van der Waals surface area contributed by atoms with Gasteiger partial charge in [0.25, 0.3) is 5.91 Å². The Morgan fingerprint density at radius 2 is 2.25 bits per heavy atom. The van der Waals surface area contributed by atoms with Crippen LogP contribution in [0.5, 0.6) is 0 Å². The highest BCUT2D eigenvalue weighted by Crippen LogP contribution is 2.16. The van der Waals surface area contributed by atoms with Crippen LogP contribution in [0.1, 0.15) is 6.42 Å². The van der Waals surface area contributed by atoms with E-state index in [-0.39, 0.29) is 5.91 Å². The molecule has 0 atom stereocenters. The van der Waals surface area contributed by atoms with Crippen molar-refractivity contribution in [3.8, 4) is 0 Å². The second-order valence-corrected chi connectivity index (χ2v) is 3.30. The zero-order valence-electron chi connectivity index (χ0n) is 7.18. The largest absolute Gasteiger partial charge is 0.371 e. The molecule has 2 aliphatic heterocycles. The van der Waals surface area contributed by atoms with Crippen LogP contribution in [-0.4, -0.2) is 37.6 Å². The van der Waals surface area contributed by atoms with Crippen molar-refractivity contribution in [3.63, 3.8) is 0 Å². The van der Waals surface area contributed by atoms with Crippen LogP contribution in [0.25, 0.3) is 0 Å². The molecule has 0 aliphatic carbocycles. The van der Waals surface area contributed by atoms with Crippen molar-refractivity contribution in [2.75, 3.05) is 26.8 Å². The summed E-state index contributed by atoms with van der Waals surface area (Å²) in [5.74, 6) is 0.0929. The van der Waals surface area contributed by atoms with Crippen molar-refractivity contribution in [3.05, 3.63) is 11.3 Å². The Morgan fingerprint density at radius 3 is 3.08 bits per heavy atom. The van der Waals surface area contributed by atoms with Gasteiger partial charge in [-0.15, -0.1) is 0 Å². The van der Waals surface area contributed by atoms with Crippen LogP contribution in [0.2, 0.25) is 0 Å². The molecule has 0 spiro atoms. The van der Waals surface area contributed by atoms with E-state index >= 15 is 0 Å².